The minimum atomic E-state index is -0.643. The lowest BCUT2D eigenvalue weighted by molar-refractivity contribution is -0.393. The molecule has 128 valence electrons. The number of nitrogens with zero attached hydrogens (tertiary/aromatic N) is 2. The van der Waals surface area contributed by atoms with Crippen molar-refractivity contribution in [3.63, 3.8) is 0 Å². The van der Waals surface area contributed by atoms with Crippen LogP contribution < -0.4 is 5.32 Å². The molecule has 0 radical (unpaired) electrons. The van der Waals surface area contributed by atoms with Gasteiger partial charge in [-0.25, -0.2) is 0 Å². The SMILES string of the molecule is CCC(C)(CCNc1ccc([N+](=O)[O-])cc1[N+](=O)[O-])CCOC. The van der Waals surface area contributed by atoms with Crippen LogP contribution >= 0.6 is 0 Å². The number of ether oxygens (including phenoxy) is 1. The van der Waals surface area contributed by atoms with Crippen molar-refractivity contribution >= 4 is 17.1 Å². The van der Waals surface area contributed by atoms with Crippen LogP contribution in [0.25, 0.3) is 0 Å². The molecule has 1 aromatic carbocycles. The summed E-state index contributed by atoms with van der Waals surface area (Å²) in [4.78, 5) is 20.5. The standard InChI is InChI=1S/C15H23N3O5/c1-4-15(2,8-10-23-3)7-9-16-13-6-5-12(17(19)20)11-14(13)18(21)22/h5-6,11,16H,4,7-10H2,1-3H3. The zero-order chi connectivity index (χ0) is 17.5. The number of hydrogen-bond acceptors (Lipinski definition) is 6. The monoisotopic (exact) mass is 325 g/mol. The van der Waals surface area contributed by atoms with E-state index >= 15 is 0 Å². The Kier molecular flexibility index (Phi) is 6.89. The third-order valence-electron chi connectivity index (χ3n) is 4.20. The molecule has 0 aliphatic heterocycles. The van der Waals surface area contributed by atoms with E-state index in [1.807, 2.05) is 0 Å². The van der Waals surface area contributed by atoms with E-state index in [1.54, 1.807) is 7.11 Å². The second kappa shape index (κ2) is 8.42. The molecule has 0 saturated carbocycles. The summed E-state index contributed by atoms with van der Waals surface area (Å²) >= 11 is 0. The van der Waals surface area contributed by atoms with Gasteiger partial charge in [0.25, 0.3) is 11.4 Å². The van der Waals surface area contributed by atoms with Crippen molar-refractivity contribution < 1.29 is 14.6 Å². The Hall–Kier alpha value is -2.22. The fourth-order valence-corrected chi connectivity index (χ4v) is 2.26. The molecule has 0 bridgehead atoms. The highest BCUT2D eigenvalue weighted by Gasteiger charge is 2.23. The second-order valence-electron chi connectivity index (χ2n) is 5.80. The first-order chi connectivity index (χ1) is 10.8. The molecule has 0 aliphatic carbocycles. The van der Waals surface area contributed by atoms with Crippen molar-refractivity contribution in [2.75, 3.05) is 25.6 Å². The molecule has 0 amide bonds. The van der Waals surface area contributed by atoms with Crippen molar-refractivity contribution in [2.45, 2.75) is 33.1 Å². The molecule has 8 nitrogen and oxygen atoms in total. The summed E-state index contributed by atoms with van der Waals surface area (Å²) in [6.07, 6.45) is 2.70. The first-order valence-corrected chi connectivity index (χ1v) is 7.48. The van der Waals surface area contributed by atoms with Crippen LogP contribution in [0.5, 0.6) is 0 Å². The predicted molar refractivity (Wildman–Crippen MR) is 87.7 cm³/mol. The van der Waals surface area contributed by atoms with Gasteiger partial charge in [0.2, 0.25) is 0 Å². The van der Waals surface area contributed by atoms with Crippen LogP contribution in [0, 0.1) is 25.6 Å². The third-order valence-corrected chi connectivity index (χ3v) is 4.20. The Labute approximate surface area is 135 Å². The Morgan fingerprint density at radius 1 is 1.22 bits per heavy atom. The smallest absolute Gasteiger partial charge is 0.299 e. The molecule has 0 aromatic heterocycles. The highest BCUT2D eigenvalue weighted by molar-refractivity contribution is 5.65. The van der Waals surface area contributed by atoms with E-state index in [0.717, 1.165) is 25.3 Å². The zero-order valence-corrected chi connectivity index (χ0v) is 13.7. The molecular formula is C15H23N3O5. The number of nitro groups is 2. The fraction of sp³-hybridized carbons (Fsp3) is 0.600. The maximum atomic E-state index is 11.1. The highest BCUT2D eigenvalue weighted by Crippen LogP contribution is 2.32. The molecule has 23 heavy (non-hydrogen) atoms. The van der Waals surface area contributed by atoms with Crippen molar-refractivity contribution in [1.82, 2.24) is 0 Å². The normalized spacial score (nSPS) is 13.3. The van der Waals surface area contributed by atoms with Crippen molar-refractivity contribution in [3.05, 3.63) is 38.4 Å². The maximum absolute atomic E-state index is 11.1. The van der Waals surface area contributed by atoms with Gasteiger partial charge in [-0.3, -0.25) is 20.2 Å². The minimum Gasteiger partial charge on any atom is -0.385 e. The first kappa shape index (κ1) is 18.8. The molecule has 0 spiro atoms. The maximum Gasteiger partial charge on any atom is 0.299 e. The molecule has 0 saturated heterocycles. The number of non-ortho nitro benzene ring substituents is 1. The molecule has 0 aliphatic rings. The van der Waals surface area contributed by atoms with Crippen LogP contribution in [0.3, 0.4) is 0 Å². The molecule has 8 heteroatoms. The number of methoxy groups -OCH3 is 1. The zero-order valence-electron chi connectivity index (χ0n) is 13.7. The predicted octanol–water partition coefficient (Wildman–Crippen LogP) is 3.76. The molecule has 0 fully saturated rings. The average molecular weight is 325 g/mol. The molecule has 1 atom stereocenters. The van der Waals surface area contributed by atoms with Crippen molar-refractivity contribution in [2.24, 2.45) is 5.41 Å². The number of hydrogen-bond donors (Lipinski definition) is 1. The molecule has 1 rings (SSSR count). The lowest BCUT2D eigenvalue weighted by Gasteiger charge is -2.28. The van der Waals surface area contributed by atoms with Crippen LogP contribution in [-0.4, -0.2) is 30.1 Å². The van der Waals surface area contributed by atoms with E-state index < -0.39 is 9.85 Å². The fourth-order valence-electron chi connectivity index (χ4n) is 2.26. The number of benzene rings is 1. The Bertz CT molecular complexity index is 564. The van der Waals surface area contributed by atoms with Crippen molar-refractivity contribution in [3.8, 4) is 0 Å². The highest BCUT2D eigenvalue weighted by atomic mass is 16.6. The molecule has 1 N–H and O–H groups in total. The van der Waals surface area contributed by atoms with E-state index in [1.165, 1.54) is 12.1 Å². The Morgan fingerprint density at radius 2 is 1.91 bits per heavy atom. The van der Waals surface area contributed by atoms with Gasteiger partial charge in [0.05, 0.1) is 15.9 Å². The van der Waals surface area contributed by atoms with Gasteiger partial charge in [0, 0.05) is 26.3 Å². The van der Waals surface area contributed by atoms with E-state index in [2.05, 4.69) is 19.2 Å². The van der Waals surface area contributed by atoms with E-state index in [0.29, 0.717) is 18.8 Å². The topological polar surface area (TPSA) is 108 Å². The lowest BCUT2D eigenvalue weighted by atomic mass is 9.81. The van der Waals surface area contributed by atoms with Gasteiger partial charge in [-0.05, 0) is 24.3 Å². The molecule has 1 unspecified atom stereocenters. The van der Waals surface area contributed by atoms with E-state index in [9.17, 15) is 20.2 Å². The minimum absolute atomic E-state index is 0.0819. The third kappa shape index (κ3) is 5.48. The summed E-state index contributed by atoms with van der Waals surface area (Å²) in [7, 11) is 1.66. The largest absolute Gasteiger partial charge is 0.385 e. The summed E-state index contributed by atoms with van der Waals surface area (Å²) < 4.78 is 5.12. The van der Waals surface area contributed by atoms with Gasteiger partial charge < -0.3 is 10.1 Å². The van der Waals surface area contributed by atoms with Gasteiger partial charge in [-0.15, -0.1) is 0 Å². The summed E-state index contributed by atoms with van der Waals surface area (Å²) in [5, 5.41) is 24.8. The Balaban J connectivity index is 2.77. The van der Waals surface area contributed by atoms with Gasteiger partial charge in [-0.1, -0.05) is 20.3 Å². The summed E-state index contributed by atoms with van der Waals surface area (Å²) in [6.45, 7) is 5.47. The second-order valence-corrected chi connectivity index (χ2v) is 5.80. The van der Waals surface area contributed by atoms with Crippen LogP contribution in [0.15, 0.2) is 18.2 Å². The quantitative estimate of drug-likeness (QED) is 0.518. The number of nitrogens with one attached hydrogen (secondary N) is 1. The van der Waals surface area contributed by atoms with Crippen molar-refractivity contribution in [1.29, 1.82) is 0 Å². The number of nitro benzene ring substituents is 2. The number of rotatable bonds is 10. The van der Waals surface area contributed by atoms with Crippen LogP contribution in [-0.2, 0) is 4.74 Å². The van der Waals surface area contributed by atoms with Crippen LogP contribution in [0.2, 0.25) is 0 Å². The van der Waals surface area contributed by atoms with E-state index in [-0.39, 0.29) is 16.8 Å². The van der Waals surface area contributed by atoms with Gasteiger partial charge in [-0.2, -0.15) is 0 Å². The lowest BCUT2D eigenvalue weighted by Crippen LogP contribution is -2.21. The first-order valence-electron chi connectivity index (χ1n) is 7.48. The van der Waals surface area contributed by atoms with Gasteiger partial charge >= 0.3 is 0 Å². The van der Waals surface area contributed by atoms with Gasteiger partial charge in [0.15, 0.2) is 0 Å². The summed E-state index contributed by atoms with van der Waals surface area (Å²) in [6, 6.07) is 3.63. The summed E-state index contributed by atoms with van der Waals surface area (Å²) in [5.74, 6) is 0. The Morgan fingerprint density at radius 3 is 2.43 bits per heavy atom. The van der Waals surface area contributed by atoms with Crippen LogP contribution in [0.1, 0.15) is 33.1 Å². The van der Waals surface area contributed by atoms with Crippen LogP contribution in [0.4, 0.5) is 17.1 Å². The number of anilines is 1. The molecule has 1 aromatic rings. The molecule has 0 heterocycles. The molecular weight excluding hydrogens is 302 g/mol. The average Bonchev–Trinajstić information content (AvgIpc) is 2.52. The van der Waals surface area contributed by atoms with Gasteiger partial charge in [0.1, 0.15) is 5.69 Å². The van der Waals surface area contributed by atoms with E-state index in [4.69, 9.17) is 4.74 Å². The summed E-state index contributed by atoms with van der Waals surface area (Å²) in [5.41, 5.74) is -0.195.